The smallest absolute Gasteiger partial charge is 0.251 e. The molecule has 0 aliphatic carbocycles. The molecule has 1 fully saturated rings. The Morgan fingerprint density at radius 1 is 1.10 bits per heavy atom. The van der Waals surface area contributed by atoms with Gasteiger partial charge >= 0.3 is 0 Å². The number of aryl methyl sites for hydroxylation is 2. The SMILES string of the molecule is CCOc1ccc(CCC2CCN(C(=O)CCNC(=O)c3cccc(C)c3)CC2)cc1. The number of carbonyl (C=O) groups excluding carboxylic acids is 2. The van der Waals surface area contributed by atoms with Crippen molar-refractivity contribution in [1.82, 2.24) is 10.2 Å². The number of ether oxygens (including phenoxy) is 1. The topological polar surface area (TPSA) is 58.6 Å². The lowest BCUT2D eigenvalue weighted by Crippen LogP contribution is -2.40. The van der Waals surface area contributed by atoms with Crippen molar-refractivity contribution in [3.8, 4) is 5.75 Å². The summed E-state index contributed by atoms with van der Waals surface area (Å²) in [6.07, 6.45) is 4.68. The van der Waals surface area contributed by atoms with Gasteiger partial charge in [0.2, 0.25) is 5.91 Å². The Labute approximate surface area is 185 Å². The number of benzene rings is 2. The van der Waals surface area contributed by atoms with Gasteiger partial charge in [0.1, 0.15) is 5.75 Å². The number of piperidine rings is 1. The molecule has 1 aliphatic heterocycles. The van der Waals surface area contributed by atoms with E-state index >= 15 is 0 Å². The van der Waals surface area contributed by atoms with Gasteiger partial charge in [0.25, 0.3) is 5.91 Å². The van der Waals surface area contributed by atoms with E-state index in [1.54, 1.807) is 6.07 Å². The minimum absolute atomic E-state index is 0.121. The molecular weight excluding hydrogens is 388 g/mol. The highest BCUT2D eigenvalue weighted by Gasteiger charge is 2.22. The molecule has 1 N–H and O–H groups in total. The van der Waals surface area contributed by atoms with Gasteiger partial charge in [-0.15, -0.1) is 0 Å². The van der Waals surface area contributed by atoms with Crippen molar-refractivity contribution in [2.45, 2.75) is 46.0 Å². The van der Waals surface area contributed by atoms with E-state index in [-0.39, 0.29) is 11.8 Å². The second-order valence-corrected chi connectivity index (χ2v) is 8.32. The second kappa shape index (κ2) is 11.5. The monoisotopic (exact) mass is 422 g/mol. The summed E-state index contributed by atoms with van der Waals surface area (Å²) in [4.78, 5) is 26.6. The second-order valence-electron chi connectivity index (χ2n) is 8.32. The largest absolute Gasteiger partial charge is 0.494 e. The van der Waals surface area contributed by atoms with Gasteiger partial charge < -0.3 is 15.0 Å². The van der Waals surface area contributed by atoms with Crippen LogP contribution >= 0.6 is 0 Å². The molecule has 0 aromatic heterocycles. The maximum Gasteiger partial charge on any atom is 0.251 e. The fourth-order valence-electron chi connectivity index (χ4n) is 4.09. The molecule has 0 radical (unpaired) electrons. The molecule has 5 nitrogen and oxygen atoms in total. The number of hydrogen-bond acceptors (Lipinski definition) is 3. The molecule has 0 atom stereocenters. The van der Waals surface area contributed by atoms with Crippen LogP contribution < -0.4 is 10.1 Å². The van der Waals surface area contributed by atoms with Gasteiger partial charge in [-0.3, -0.25) is 9.59 Å². The van der Waals surface area contributed by atoms with Gasteiger partial charge in [-0.05, 0) is 75.3 Å². The van der Waals surface area contributed by atoms with Crippen LogP contribution in [0, 0.1) is 12.8 Å². The van der Waals surface area contributed by atoms with Gasteiger partial charge in [-0.2, -0.15) is 0 Å². The lowest BCUT2D eigenvalue weighted by Gasteiger charge is -2.32. The van der Waals surface area contributed by atoms with Crippen molar-refractivity contribution in [2.75, 3.05) is 26.2 Å². The molecule has 3 rings (SSSR count). The maximum atomic E-state index is 12.5. The average Bonchev–Trinajstić information content (AvgIpc) is 2.79. The Balaban J connectivity index is 1.33. The van der Waals surface area contributed by atoms with Gasteiger partial charge in [0, 0.05) is 31.6 Å². The Morgan fingerprint density at radius 3 is 2.52 bits per heavy atom. The molecule has 0 bridgehead atoms. The predicted octanol–water partition coefficient (Wildman–Crippen LogP) is 4.39. The third-order valence-corrected chi connectivity index (χ3v) is 5.95. The lowest BCUT2D eigenvalue weighted by atomic mass is 9.90. The van der Waals surface area contributed by atoms with Crippen molar-refractivity contribution in [1.29, 1.82) is 0 Å². The predicted molar refractivity (Wildman–Crippen MR) is 123 cm³/mol. The van der Waals surface area contributed by atoms with E-state index in [4.69, 9.17) is 4.74 Å². The first kappa shape index (κ1) is 22.9. The van der Waals surface area contributed by atoms with E-state index in [9.17, 15) is 9.59 Å². The van der Waals surface area contributed by atoms with Crippen molar-refractivity contribution in [3.05, 3.63) is 65.2 Å². The van der Waals surface area contributed by atoms with E-state index in [0.717, 1.165) is 50.1 Å². The number of hydrogen-bond donors (Lipinski definition) is 1. The van der Waals surface area contributed by atoms with Crippen LogP contribution in [0.4, 0.5) is 0 Å². The van der Waals surface area contributed by atoms with E-state index in [2.05, 4.69) is 17.4 Å². The zero-order valence-electron chi connectivity index (χ0n) is 18.7. The molecule has 1 saturated heterocycles. The normalized spacial score (nSPS) is 14.3. The third kappa shape index (κ3) is 7.12. The Hall–Kier alpha value is -2.82. The molecular formula is C26H34N2O3. The zero-order valence-corrected chi connectivity index (χ0v) is 18.7. The van der Waals surface area contributed by atoms with Crippen molar-refractivity contribution < 1.29 is 14.3 Å². The van der Waals surface area contributed by atoms with Crippen LogP contribution in [0.15, 0.2) is 48.5 Å². The van der Waals surface area contributed by atoms with Crippen LogP contribution in [0.3, 0.4) is 0 Å². The Bertz CT molecular complexity index is 855. The van der Waals surface area contributed by atoms with Crippen LogP contribution in [0.25, 0.3) is 0 Å². The number of nitrogens with one attached hydrogen (secondary N) is 1. The fraction of sp³-hybridized carbons (Fsp3) is 0.462. The molecule has 5 heteroatoms. The number of amides is 2. The number of rotatable bonds is 9. The van der Waals surface area contributed by atoms with E-state index in [1.165, 1.54) is 5.56 Å². The van der Waals surface area contributed by atoms with Gasteiger partial charge in [-0.25, -0.2) is 0 Å². The summed E-state index contributed by atoms with van der Waals surface area (Å²) >= 11 is 0. The highest BCUT2D eigenvalue weighted by atomic mass is 16.5. The molecule has 31 heavy (non-hydrogen) atoms. The highest BCUT2D eigenvalue weighted by molar-refractivity contribution is 5.94. The third-order valence-electron chi connectivity index (χ3n) is 5.95. The van der Waals surface area contributed by atoms with E-state index in [1.807, 2.05) is 49.1 Å². The molecule has 166 valence electrons. The number of nitrogens with zero attached hydrogens (tertiary/aromatic N) is 1. The first-order valence-electron chi connectivity index (χ1n) is 11.4. The quantitative estimate of drug-likeness (QED) is 0.652. The van der Waals surface area contributed by atoms with Crippen LogP contribution in [0.2, 0.25) is 0 Å². The van der Waals surface area contributed by atoms with E-state index in [0.29, 0.717) is 31.1 Å². The first-order valence-corrected chi connectivity index (χ1v) is 11.4. The van der Waals surface area contributed by atoms with Crippen molar-refractivity contribution >= 4 is 11.8 Å². The summed E-state index contributed by atoms with van der Waals surface area (Å²) in [6, 6.07) is 15.9. The zero-order chi connectivity index (χ0) is 22.1. The lowest BCUT2D eigenvalue weighted by molar-refractivity contribution is -0.132. The summed E-state index contributed by atoms with van der Waals surface area (Å²) in [5, 5.41) is 2.86. The molecule has 0 spiro atoms. The van der Waals surface area contributed by atoms with Crippen LogP contribution in [-0.4, -0.2) is 43.0 Å². The van der Waals surface area contributed by atoms with Gasteiger partial charge in [-0.1, -0.05) is 29.8 Å². The summed E-state index contributed by atoms with van der Waals surface area (Å²) < 4.78 is 5.50. The fourth-order valence-corrected chi connectivity index (χ4v) is 4.09. The number of likely N-dealkylation sites (tertiary alicyclic amines) is 1. The molecule has 2 aromatic rings. The van der Waals surface area contributed by atoms with Gasteiger partial charge in [0.05, 0.1) is 6.61 Å². The summed E-state index contributed by atoms with van der Waals surface area (Å²) in [5.41, 5.74) is 3.03. The van der Waals surface area contributed by atoms with Gasteiger partial charge in [0.15, 0.2) is 0 Å². The molecule has 1 aliphatic rings. The van der Waals surface area contributed by atoms with Crippen LogP contribution in [-0.2, 0) is 11.2 Å². The molecule has 0 unspecified atom stereocenters. The highest BCUT2D eigenvalue weighted by Crippen LogP contribution is 2.23. The molecule has 0 saturated carbocycles. The van der Waals surface area contributed by atoms with Crippen molar-refractivity contribution in [3.63, 3.8) is 0 Å². The maximum absolute atomic E-state index is 12.5. The minimum atomic E-state index is -0.121. The van der Waals surface area contributed by atoms with Crippen molar-refractivity contribution in [2.24, 2.45) is 5.92 Å². The summed E-state index contributed by atoms with van der Waals surface area (Å²) in [6.45, 7) is 6.66. The first-order chi connectivity index (χ1) is 15.0. The summed E-state index contributed by atoms with van der Waals surface area (Å²) in [5.74, 6) is 1.60. The number of carbonyl (C=O) groups is 2. The molecule has 2 aromatic carbocycles. The molecule has 1 heterocycles. The van der Waals surface area contributed by atoms with Crippen LogP contribution in [0.5, 0.6) is 5.75 Å². The summed E-state index contributed by atoms with van der Waals surface area (Å²) in [7, 11) is 0. The minimum Gasteiger partial charge on any atom is -0.494 e. The average molecular weight is 423 g/mol. The Kier molecular flexibility index (Phi) is 8.51. The molecule has 2 amide bonds. The van der Waals surface area contributed by atoms with E-state index < -0.39 is 0 Å². The standard InChI is InChI=1S/C26H34N2O3/c1-3-31-24-11-9-21(10-12-24)7-8-22-14-17-28(18-15-22)25(29)13-16-27-26(30)23-6-4-5-20(2)19-23/h4-6,9-12,19,22H,3,7-8,13-18H2,1-2H3,(H,27,30). The van der Waals surface area contributed by atoms with Crippen LogP contribution in [0.1, 0.15) is 54.1 Å². The Morgan fingerprint density at radius 2 is 1.84 bits per heavy atom.